The Bertz CT molecular complexity index is 123. The van der Waals surface area contributed by atoms with Crippen molar-refractivity contribution in [1.29, 1.82) is 0 Å². The van der Waals surface area contributed by atoms with Gasteiger partial charge in [-0.3, -0.25) is 0 Å². The van der Waals surface area contributed by atoms with Crippen LogP contribution in [0, 0.1) is 11.8 Å². The number of nitrogens with two attached hydrogens (primary N) is 1. The topological polar surface area (TPSA) is 26.0 Å². The Hall–Kier alpha value is -0.130. The highest BCUT2D eigenvalue weighted by molar-refractivity contribution is 7.99. The van der Waals surface area contributed by atoms with Crippen LogP contribution in [0.1, 0.15) is 20.3 Å². The molecule has 1 nitrogen and oxygen atoms in total. The SMILES string of the molecule is CC#CCC(N)CSCC. The van der Waals surface area contributed by atoms with Crippen molar-refractivity contribution < 1.29 is 0 Å². The third kappa shape index (κ3) is 6.00. The van der Waals surface area contributed by atoms with Gasteiger partial charge < -0.3 is 5.73 Å². The van der Waals surface area contributed by atoms with Crippen LogP contribution in [-0.2, 0) is 0 Å². The lowest BCUT2D eigenvalue weighted by atomic mass is 10.2. The summed E-state index contributed by atoms with van der Waals surface area (Å²) in [5.74, 6) is 7.98. The van der Waals surface area contributed by atoms with Gasteiger partial charge in [0.2, 0.25) is 0 Å². The van der Waals surface area contributed by atoms with E-state index in [1.54, 1.807) is 0 Å². The van der Waals surface area contributed by atoms with E-state index in [0.717, 1.165) is 17.9 Å². The molecule has 1 atom stereocenters. The zero-order chi connectivity index (χ0) is 7.82. The summed E-state index contributed by atoms with van der Waals surface area (Å²) < 4.78 is 0. The van der Waals surface area contributed by atoms with Crippen LogP contribution in [0.2, 0.25) is 0 Å². The standard InChI is InChI=1S/C8H15NS/c1-3-5-6-8(9)7-10-4-2/h8H,4,6-7,9H2,1-2H3. The first-order valence-corrected chi connectivity index (χ1v) is 4.69. The Morgan fingerprint density at radius 3 is 2.80 bits per heavy atom. The zero-order valence-corrected chi connectivity index (χ0v) is 7.50. The Morgan fingerprint density at radius 1 is 1.60 bits per heavy atom. The molecule has 2 N–H and O–H groups in total. The minimum absolute atomic E-state index is 0.261. The van der Waals surface area contributed by atoms with Crippen molar-refractivity contribution in [1.82, 2.24) is 0 Å². The van der Waals surface area contributed by atoms with Gasteiger partial charge >= 0.3 is 0 Å². The molecular weight excluding hydrogens is 142 g/mol. The third-order valence-corrected chi connectivity index (χ3v) is 2.15. The number of thioether (sulfide) groups is 1. The average Bonchev–Trinajstić information content (AvgIpc) is 1.97. The van der Waals surface area contributed by atoms with Crippen molar-refractivity contribution in [3.63, 3.8) is 0 Å². The third-order valence-electron chi connectivity index (χ3n) is 1.08. The zero-order valence-electron chi connectivity index (χ0n) is 6.68. The number of hydrogen-bond acceptors (Lipinski definition) is 2. The van der Waals surface area contributed by atoms with Crippen molar-refractivity contribution in [2.75, 3.05) is 11.5 Å². The van der Waals surface area contributed by atoms with Crippen LogP contribution in [0.15, 0.2) is 0 Å². The molecule has 0 spiro atoms. The summed E-state index contributed by atoms with van der Waals surface area (Å²) >= 11 is 1.87. The maximum absolute atomic E-state index is 5.72. The summed E-state index contributed by atoms with van der Waals surface area (Å²) in [6.45, 7) is 3.99. The molecule has 10 heavy (non-hydrogen) atoms. The van der Waals surface area contributed by atoms with Gasteiger partial charge in [0.1, 0.15) is 0 Å². The van der Waals surface area contributed by atoms with Gasteiger partial charge in [-0.05, 0) is 12.7 Å². The molecule has 0 radical (unpaired) electrons. The van der Waals surface area contributed by atoms with E-state index in [-0.39, 0.29) is 6.04 Å². The van der Waals surface area contributed by atoms with Crippen LogP contribution in [0.25, 0.3) is 0 Å². The fraction of sp³-hybridized carbons (Fsp3) is 0.750. The predicted molar refractivity (Wildman–Crippen MR) is 49.0 cm³/mol. The minimum atomic E-state index is 0.261. The Kier molecular flexibility index (Phi) is 6.89. The highest BCUT2D eigenvalue weighted by Crippen LogP contribution is 2.01. The molecule has 0 saturated heterocycles. The second-order valence-electron chi connectivity index (χ2n) is 2.05. The normalized spacial score (nSPS) is 11.9. The van der Waals surface area contributed by atoms with E-state index < -0.39 is 0 Å². The Morgan fingerprint density at radius 2 is 2.30 bits per heavy atom. The van der Waals surface area contributed by atoms with Crippen molar-refractivity contribution in [3.8, 4) is 11.8 Å². The summed E-state index contributed by atoms with van der Waals surface area (Å²) in [5, 5.41) is 0. The monoisotopic (exact) mass is 157 g/mol. The molecule has 2 heteroatoms. The van der Waals surface area contributed by atoms with Gasteiger partial charge in [-0.15, -0.1) is 11.8 Å². The molecule has 1 unspecified atom stereocenters. The summed E-state index contributed by atoms with van der Waals surface area (Å²) in [5.41, 5.74) is 5.72. The molecule has 0 aromatic carbocycles. The molecule has 0 aliphatic rings. The summed E-state index contributed by atoms with van der Waals surface area (Å²) in [6.07, 6.45) is 0.837. The number of rotatable bonds is 4. The highest BCUT2D eigenvalue weighted by atomic mass is 32.2. The van der Waals surface area contributed by atoms with Gasteiger partial charge in [0.15, 0.2) is 0 Å². The van der Waals surface area contributed by atoms with Crippen LogP contribution in [0.5, 0.6) is 0 Å². The van der Waals surface area contributed by atoms with Crippen LogP contribution >= 0.6 is 11.8 Å². The first-order chi connectivity index (χ1) is 4.81. The van der Waals surface area contributed by atoms with E-state index in [1.807, 2.05) is 18.7 Å². The van der Waals surface area contributed by atoms with E-state index in [4.69, 9.17) is 5.73 Å². The Labute approximate surface area is 67.8 Å². The van der Waals surface area contributed by atoms with Crippen molar-refractivity contribution in [2.45, 2.75) is 26.3 Å². The fourth-order valence-electron chi connectivity index (χ4n) is 0.561. The average molecular weight is 157 g/mol. The van der Waals surface area contributed by atoms with Crippen LogP contribution in [0.4, 0.5) is 0 Å². The van der Waals surface area contributed by atoms with Gasteiger partial charge in [0, 0.05) is 18.2 Å². The smallest absolute Gasteiger partial charge is 0.0249 e. The second kappa shape index (κ2) is 6.98. The molecule has 0 aliphatic heterocycles. The largest absolute Gasteiger partial charge is 0.326 e. The first kappa shape index (κ1) is 9.87. The van der Waals surface area contributed by atoms with Gasteiger partial charge in [-0.2, -0.15) is 11.8 Å². The van der Waals surface area contributed by atoms with Gasteiger partial charge in [-0.25, -0.2) is 0 Å². The van der Waals surface area contributed by atoms with E-state index in [1.165, 1.54) is 0 Å². The quantitative estimate of drug-likeness (QED) is 0.626. The molecule has 0 amide bonds. The molecule has 0 saturated carbocycles. The Balaban J connectivity index is 3.21. The fourth-order valence-corrected chi connectivity index (χ4v) is 1.22. The first-order valence-electron chi connectivity index (χ1n) is 3.54. The molecule has 0 rings (SSSR count). The molecule has 0 aromatic heterocycles. The van der Waals surface area contributed by atoms with Gasteiger partial charge in [0.05, 0.1) is 0 Å². The van der Waals surface area contributed by atoms with Crippen molar-refractivity contribution >= 4 is 11.8 Å². The molecule has 0 heterocycles. The van der Waals surface area contributed by atoms with Crippen molar-refractivity contribution in [3.05, 3.63) is 0 Å². The molecule has 58 valence electrons. The van der Waals surface area contributed by atoms with E-state index in [9.17, 15) is 0 Å². The van der Waals surface area contributed by atoms with E-state index in [0.29, 0.717) is 0 Å². The minimum Gasteiger partial charge on any atom is -0.326 e. The van der Waals surface area contributed by atoms with Crippen LogP contribution in [0.3, 0.4) is 0 Å². The number of hydrogen-bond donors (Lipinski definition) is 1. The summed E-state index contributed by atoms with van der Waals surface area (Å²) in [4.78, 5) is 0. The lowest BCUT2D eigenvalue weighted by Crippen LogP contribution is -2.21. The molecular formula is C8H15NS. The molecule has 0 aliphatic carbocycles. The molecule has 0 fully saturated rings. The van der Waals surface area contributed by atoms with E-state index >= 15 is 0 Å². The lowest BCUT2D eigenvalue weighted by Gasteiger charge is -2.04. The van der Waals surface area contributed by atoms with E-state index in [2.05, 4.69) is 18.8 Å². The molecule has 0 aromatic rings. The van der Waals surface area contributed by atoms with Crippen LogP contribution < -0.4 is 5.73 Å². The van der Waals surface area contributed by atoms with Crippen molar-refractivity contribution in [2.24, 2.45) is 5.73 Å². The maximum Gasteiger partial charge on any atom is 0.0249 e. The predicted octanol–water partition coefficient (Wildman–Crippen LogP) is 1.48. The maximum atomic E-state index is 5.72. The van der Waals surface area contributed by atoms with Gasteiger partial charge in [-0.1, -0.05) is 6.92 Å². The second-order valence-corrected chi connectivity index (χ2v) is 3.37. The summed E-state index contributed by atoms with van der Waals surface area (Å²) in [7, 11) is 0. The molecule has 0 bridgehead atoms. The highest BCUT2D eigenvalue weighted by Gasteiger charge is 1.97. The summed E-state index contributed by atoms with van der Waals surface area (Å²) in [6, 6.07) is 0.261. The lowest BCUT2D eigenvalue weighted by molar-refractivity contribution is 0.782. The van der Waals surface area contributed by atoms with Crippen LogP contribution in [-0.4, -0.2) is 17.5 Å². The van der Waals surface area contributed by atoms with Gasteiger partial charge in [0.25, 0.3) is 0 Å².